The molecular weight excluding hydrogens is 309 g/mol. The number of hydrogen-bond acceptors (Lipinski definition) is 4. The highest BCUT2D eigenvalue weighted by atomic mass is 19.4. The van der Waals surface area contributed by atoms with E-state index >= 15 is 0 Å². The van der Waals surface area contributed by atoms with E-state index in [0.29, 0.717) is 46.7 Å². The maximum absolute atomic E-state index is 13.1. The molecular formula is C15H11F3N4O. The minimum atomic E-state index is -4.44. The Hall–Kier alpha value is -2.77. The second kappa shape index (κ2) is 4.87. The number of aromatic nitrogens is 3. The molecule has 0 unspecified atom stereocenters. The molecule has 1 aliphatic rings. The Morgan fingerprint density at radius 1 is 1.13 bits per heavy atom. The van der Waals surface area contributed by atoms with Gasteiger partial charge in [-0.2, -0.15) is 18.3 Å². The highest BCUT2D eigenvalue weighted by molar-refractivity contribution is 5.95. The lowest BCUT2D eigenvalue weighted by atomic mass is 10.00. The molecule has 1 aliphatic heterocycles. The molecule has 0 bridgehead atoms. The van der Waals surface area contributed by atoms with Gasteiger partial charge in [0.05, 0.1) is 23.8 Å². The summed E-state index contributed by atoms with van der Waals surface area (Å²) in [6, 6.07) is 3.85. The Morgan fingerprint density at radius 3 is 2.83 bits per heavy atom. The zero-order valence-corrected chi connectivity index (χ0v) is 11.7. The van der Waals surface area contributed by atoms with Gasteiger partial charge in [-0.05, 0) is 23.8 Å². The van der Waals surface area contributed by atoms with E-state index in [9.17, 15) is 13.2 Å². The highest BCUT2D eigenvalue weighted by Gasteiger charge is 2.32. The molecule has 23 heavy (non-hydrogen) atoms. The molecule has 0 atom stereocenters. The second-order valence-corrected chi connectivity index (χ2v) is 5.20. The summed E-state index contributed by atoms with van der Waals surface area (Å²) in [6.07, 6.45) is -1.40. The van der Waals surface area contributed by atoms with Crippen LogP contribution in [-0.4, -0.2) is 28.3 Å². The Bertz CT molecular complexity index is 888. The van der Waals surface area contributed by atoms with Crippen molar-refractivity contribution in [1.29, 1.82) is 0 Å². The molecule has 3 heterocycles. The summed E-state index contributed by atoms with van der Waals surface area (Å²) >= 11 is 0. The van der Waals surface area contributed by atoms with Gasteiger partial charge >= 0.3 is 6.18 Å². The van der Waals surface area contributed by atoms with Crippen molar-refractivity contribution in [2.75, 3.05) is 18.5 Å². The molecule has 3 aromatic rings. The third kappa shape index (κ3) is 2.36. The number of nitrogens with zero attached hydrogens (tertiary/aromatic N) is 2. The zero-order valence-electron chi connectivity index (χ0n) is 11.7. The van der Waals surface area contributed by atoms with E-state index in [1.807, 2.05) is 0 Å². The van der Waals surface area contributed by atoms with E-state index in [1.165, 1.54) is 12.4 Å². The maximum Gasteiger partial charge on any atom is 0.416 e. The summed E-state index contributed by atoms with van der Waals surface area (Å²) in [5.41, 5.74) is 0.547. The smallest absolute Gasteiger partial charge is 0.416 e. The number of fused-ring (bicyclic) bond motifs is 2. The quantitative estimate of drug-likeness (QED) is 0.721. The molecule has 2 aromatic heterocycles. The fourth-order valence-corrected chi connectivity index (χ4v) is 2.62. The number of rotatable bonds is 1. The van der Waals surface area contributed by atoms with Crippen molar-refractivity contribution < 1.29 is 17.9 Å². The van der Waals surface area contributed by atoms with E-state index in [2.05, 4.69) is 20.5 Å². The van der Waals surface area contributed by atoms with Crippen LogP contribution >= 0.6 is 0 Å². The lowest BCUT2D eigenvalue weighted by Crippen LogP contribution is -2.18. The summed E-state index contributed by atoms with van der Waals surface area (Å²) in [5.74, 6) is 1.12. The normalized spacial score (nSPS) is 14.2. The lowest BCUT2D eigenvalue weighted by Gasteiger charge is -2.19. The molecule has 0 amide bonds. The van der Waals surface area contributed by atoms with E-state index in [0.717, 1.165) is 12.1 Å². The average molecular weight is 320 g/mol. The van der Waals surface area contributed by atoms with Crippen LogP contribution in [0.3, 0.4) is 0 Å². The van der Waals surface area contributed by atoms with Gasteiger partial charge < -0.3 is 10.1 Å². The summed E-state index contributed by atoms with van der Waals surface area (Å²) in [7, 11) is 0. The number of nitrogens with one attached hydrogen (secondary N) is 2. The molecule has 0 saturated heterocycles. The van der Waals surface area contributed by atoms with Crippen LogP contribution in [0.1, 0.15) is 5.56 Å². The number of benzene rings is 1. The van der Waals surface area contributed by atoms with Crippen LogP contribution in [-0.2, 0) is 6.18 Å². The molecule has 118 valence electrons. The molecule has 0 saturated carbocycles. The third-order valence-electron chi connectivity index (χ3n) is 3.70. The summed E-state index contributed by atoms with van der Waals surface area (Å²) in [6.45, 7) is 1.14. The van der Waals surface area contributed by atoms with Crippen LogP contribution in [0.5, 0.6) is 5.75 Å². The van der Waals surface area contributed by atoms with Gasteiger partial charge in [-0.25, -0.2) is 4.98 Å². The molecule has 8 heteroatoms. The molecule has 1 aromatic carbocycles. The van der Waals surface area contributed by atoms with E-state index in [4.69, 9.17) is 4.74 Å². The summed E-state index contributed by atoms with van der Waals surface area (Å²) in [4.78, 5) is 4.23. The van der Waals surface area contributed by atoms with Crippen LogP contribution in [0, 0.1) is 0 Å². The Kier molecular flexibility index (Phi) is 2.93. The van der Waals surface area contributed by atoms with Crippen molar-refractivity contribution in [3.05, 3.63) is 36.2 Å². The van der Waals surface area contributed by atoms with Crippen LogP contribution < -0.4 is 10.1 Å². The van der Waals surface area contributed by atoms with Crippen LogP contribution in [0.2, 0.25) is 0 Å². The van der Waals surface area contributed by atoms with E-state index in [1.54, 1.807) is 6.07 Å². The Morgan fingerprint density at radius 2 is 2.00 bits per heavy atom. The zero-order chi connectivity index (χ0) is 16.0. The number of alkyl halides is 3. The van der Waals surface area contributed by atoms with E-state index < -0.39 is 11.7 Å². The Balaban J connectivity index is 1.92. The number of halogens is 3. The minimum Gasteiger partial charge on any atom is -0.488 e. The van der Waals surface area contributed by atoms with Crippen molar-refractivity contribution in [3.63, 3.8) is 0 Å². The fourth-order valence-electron chi connectivity index (χ4n) is 2.62. The van der Waals surface area contributed by atoms with Gasteiger partial charge in [-0.1, -0.05) is 0 Å². The second-order valence-electron chi connectivity index (χ2n) is 5.20. The number of hydrogen-bond donors (Lipinski definition) is 2. The largest absolute Gasteiger partial charge is 0.488 e. The number of H-pyrrole nitrogens is 1. The van der Waals surface area contributed by atoms with Crippen LogP contribution in [0.25, 0.3) is 22.0 Å². The van der Waals surface area contributed by atoms with Crippen molar-refractivity contribution >= 4 is 16.7 Å². The summed E-state index contributed by atoms with van der Waals surface area (Å²) < 4.78 is 44.8. The van der Waals surface area contributed by atoms with Gasteiger partial charge in [-0.15, -0.1) is 0 Å². The molecule has 5 nitrogen and oxygen atoms in total. The van der Waals surface area contributed by atoms with Gasteiger partial charge in [-0.3, -0.25) is 5.10 Å². The number of pyridine rings is 1. The Labute approximate surface area is 128 Å². The first-order chi connectivity index (χ1) is 11.0. The van der Waals surface area contributed by atoms with Crippen molar-refractivity contribution in [2.24, 2.45) is 0 Å². The molecule has 2 N–H and O–H groups in total. The number of anilines is 1. The predicted molar refractivity (Wildman–Crippen MR) is 78.3 cm³/mol. The molecule has 0 aliphatic carbocycles. The predicted octanol–water partition coefficient (Wildman–Crippen LogP) is 3.45. The van der Waals surface area contributed by atoms with Gasteiger partial charge in [0.2, 0.25) is 0 Å². The maximum atomic E-state index is 13.1. The van der Waals surface area contributed by atoms with Crippen molar-refractivity contribution in [2.45, 2.75) is 6.18 Å². The minimum absolute atomic E-state index is 0.326. The number of aromatic amines is 1. The molecule has 4 rings (SSSR count). The summed E-state index contributed by atoms with van der Waals surface area (Å²) in [5, 5.41) is 10.1. The SMILES string of the molecule is FC(F)(F)c1cc(-c2cnc3c(c2)OCCN3)c2cn[nH]c2c1. The highest BCUT2D eigenvalue weighted by Crippen LogP contribution is 2.38. The first kappa shape index (κ1) is 13.9. The monoisotopic (exact) mass is 320 g/mol. The molecule has 0 spiro atoms. The van der Waals surface area contributed by atoms with Gasteiger partial charge in [0.15, 0.2) is 11.6 Å². The van der Waals surface area contributed by atoms with E-state index in [-0.39, 0.29) is 0 Å². The van der Waals surface area contributed by atoms with Crippen LogP contribution in [0.4, 0.5) is 19.0 Å². The lowest BCUT2D eigenvalue weighted by molar-refractivity contribution is -0.137. The van der Waals surface area contributed by atoms with Gasteiger partial charge in [0.25, 0.3) is 0 Å². The van der Waals surface area contributed by atoms with Crippen LogP contribution in [0.15, 0.2) is 30.6 Å². The first-order valence-corrected chi connectivity index (χ1v) is 6.94. The standard InChI is InChI=1S/C15H11F3N4O/c16-15(17,18)9-4-10(11-7-21-22-12(11)5-9)8-3-13-14(20-6-8)19-1-2-23-13/h3-7H,1-2H2,(H,19,20)(H,21,22). The first-order valence-electron chi connectivity index (χ1n) is 6.94. The molecule has 0 radical (unpaired) electrons. The van der Waals surface area contributed by atoms with Crippen molar-refractivity contribution in [1.82, 2.24) is 15.2 Å². The van der Waals surface area contributed by atoms with Gasteiger partial charge in [0, 0.05) is 17.1 Å². The fraction of sp³-hybridized carbons (Fsp3) is 0.200. The van der Waals surface area contributed by atoms with Crippen molar-refractivity contribution in [3.8, 4) is 16.9 Å². The topological polar surface area (TPSA) is 62.8 Å². The average Bonchev–Trinajstić information content (AvgIpc) is 3.01. The number of ether oxygens (including phenoxy) is 1. The van der Waals surface area contributed by atoms with Gasteiger partial charge in [0.1, 0.15) is 6.61 Å². The third-order valence-corrected chi connectivity index (χ3v) is 3.70. The molecule has 0 fully saturated rings.